The number of nitrogens with zero attached hydrogens (tertiary/aromatic N) is 3. The van der Waals surface area contributed by atoms with Crippen molar-refractivity contribution in [2.45, 2.75) is 18.6 Å². The summed E-state index contributed by atoms with van der Waals surface area (Å²) in [5.41, 5.74) is 0.272. The molecule has 0 radical (unpaired) electrons. The summed E-state index contributed by atoms with van der Waals surface area (Å²) in [5, 5.41) is 3.98. The van der Waals surface area contributed by atoms with Crippen LogP contribution in [0, 0.1) is 5.82 Å². The molecule has 29 heavy (non-hydrogen) atoms. The second-order valence-electron chi connectivity index (χ2n) is 6.43. The van der Waals surface area contributed by atoms with Gasteiger partial charge in [0.05, 0.1) is 12.6 Å². The zero-order chi connectivity index (χ0) is 20.4. The Kier molecular flexibility index (Phi) is 5.06. The molecule has 9 heteroatoms. The predicted molar refractivity (Wildman–Crippen MR) is 98.9 cm³/mol. The highest BCUT2D eigenvalue weighted by Gasteiger charge is 2.40. The lowest BCUT2D eigenvalue weighted by molar-refractivity contribution is -0.138. The van der Waals surface area contributed by atoms with Gasteiger partial charge in [0.2, 0.25) is 5.95 Å². The normalized spacial score (nSPS) is 16.8. The summed E-state index contributed by atoms with van der Waals surface area (Å²) >= 11 is 0. The molecule has 0 bridgehead atoms. The smallest absolute Gasteiger partial charge is 0.324 e. The first-order valence-corrected chi connectivity index (χ1v) is 8.86. The summed E-state index contributed by atoms with van der Waals surface area (Å²) in [5.74, 6) is -0.855. The first kappa shape index (κ1) is 19.1. The molecule has 2 heterocycles. The second kappa shape index (κ2) is 7.67. The van der Waals surface area contributed by atoms with Gasteiger partial charge in [-0.15, -0.1) is 0 Å². The monoisotopic (exact) mass is 404 g/mol. The SMILES string of the molecule is Fc1ccc(Nc2ncc(C(F)(F)F)c(N3OCCC3c3ccccc3)n2)cc1. The van der Waals surface area contributed by atoms with E-state index in [9.17, 15) is 17.6 Å². The first-order chi connectivity index (χ1) is 13.9. The molecule has 0 amide bonds. The maximum absolute atomic E-state index is 13.6. The second-order valence-corrected chi connectivity index (χ2v) is 6.43. The minimum atomic E-state index is -4.66. The van der Waals surface area contributed by atoms with Crippen LogP contribution in [0.2, 0.25) is 0 Å². The number of nitrogens with one attached hydrogen (secondary N) is 1. The molecular weight excluding hydrogens is 388 g/mol. The summed E-state index contributed by atoms with van der Waals surface area (Å²) in [4.78, 5) is 13.4. The van der Waals surface area contributed by atoms with Crippen LogP contribution in [0.5, 0.6) is 0 Å². The van der Waals surface area contributed by atoms with E-state index in [1.165, 1.54) is 29.3 Å². The van der Waals surface area contributed by atoms with E-state index in [0.29, 0.717) is 12.1 Å². The third-order valence-corrected chi connectivity index (χ3v) is 4.47. The van der Waals surface area contributed by atoms with E-state index < -0.39 is 23.6 Å². The fourth-order valence-corrected chi connectivity index (χ4v) is 3.12. The Morgan fingerprint density at radius 2 is 1.76 bits per heavy atom. The van der Waals surface area contributed by atoms with Crippen molar-refractivity contribution in [2.24, 2.45) is 0 Å². The predicted octanol–water partition coefficient (Wildman–Crippen LogP) is 5.26. The van der Waals surface area contributed by atoms with Gasteiger partial charge in [-0.05, 0) is 29.8 Å². The first-order valence-electron chi connectivity index (χ1n) is 8.86. The fourth-order valence-electron chi connectivity index (χ4n) is 3.12. The van der Waals surface area contributed by atoms with Gasteiger partial charge in [0.1, 0.15) is 11.4 Å². The molecule has 4 rings (SSSR count). The van der Waals surface area contributed by atoms with Crippen LogP contribution in [0.15, 0.2) is 60.8 Å². The average Bonchev–Trinajstić information content (AvgIpc) is 3.19. The quantitative estimate of drug-likeness (QED) is 0.601. The highest BCUT2D eigenvalue weighted by atomic mass is 19.4. The molecule has 1 aromatic heterocycles. The summed E-state index contributed by atoms with van der Waals surface area (Å²) in [6.45, 7) is 0.265. The molecule has 1 fully saturated rings. The van der Waals surface area contributed by atoms with E-state index >= 15 is 0 Å². The largest absolute Gasteiger partial charge is 0.421 e. The Morgan fingerprint density at radius 1 is 1.03 bits per heavy atom. The van der Waals surface area contributed by atoms with Gasteiger partial charge in [0, 0.05) is 18.3 Å². The van der Waals surface area contributed by atoms with Crippen LogP contribution in [0.4, 0.5) is 35.0 Å². The van der Waals surface area contributed by atoms with Gasteiger partial charge in [-0.25, -0.2) is 14.4 Å². The number of anilines is 3. The third-order valence-electron chi connectivity index (χ3n) is 4.47. The van der Waals surface area contributed by atoms with Crippen molar-refractivity contribution in [1.29, 1.82) is 0 Å². The van der Waals surface area contributed by atoms with Gasteiger partial charge in [0.15, 0.2) is 5.82 Å². The van der Waals surface area contributed by atoms with Crippen LogP contribution in [0.25, 0.3) is 0 Å². The minimum absolute atomic E-state index is 0.0538. The third kappa shape index (κ3) is 4.14. The van der Waals surface area contributed by atoms with E-state index in [1.54, 1.807) is 0 Å². The van der Waals surface area contributed by atoms with Crippen molar-refractivity contribution in [3.05, 3.63) is 77.7 Å². The van der Waals surface area contributed by atoms with Crippen molar-refractivity contribution in [2.75, 3.05) is 17.0 Å². The van der Waals surface area contributed by atoms with E-state index in [4.69, 9.17) is 4.84 Å². The van der Waals surface area contributed by atoms with Crippen molar-refractivity contribution in [3.8, 4) is 0 Å². The molecule has 1 aliphatic heterocycles. The van der Waals surface area contributed by atoms with Crippen molar-refractivity contribution in [3.63, 3.8) is 0 Å². The number of benzene rings is 2. The van der Waals surface area contributed by atoms with Gasteiger partial charge in [-0.1, -0.05) is 30.3 Å². The molecule has 1 saturated heterocycles. The molecule has 0 aliphatic carbocycles. The summed E-state index contributed by atoms with van der Waals surface area (Å²) in [7, 11) is 0. The van der Waals surface area contributed by atoms with Gasteiger partial charge >= 0.3 is 6.18 Å². The summed E-state index contributed by atoms with van der Waals surface area (Å²) in [6.07, 6.45) is -3.42. The van der Waals surface area contributed by atoms with E-state index in [2.05, 4.69) is 15.3 Å². The average molecular weight is 404 g/mol. The van der Waals surface area contributed by atoms with Crippen LogP contribution >= 0.6 is 0 Å². The molecule has 1 unspecified atom stereocenters. The standard InChI is InChI=1S/C20H16F4N4O/c21-14-6-8-15(9-7-14)26-19-25-12-16(20(22,23)24)18(27-19)28-17(10-11-29-28)13-4-2-1-3-5-13/h1-9,12,17H,10-11H2,(H,25,26,27). The minimum Gasteiger partial charge on any atom is -0.324 e. The Balaban J connectivity index is 1.72. The molecule has 3 aromatic rings. The Hall–Kier alpha value is -3.20. The maximum atomic E-state index is 13.6. The molecular formula is C20H16F4N4O. The van der Waals surface area contributed by atoms with Gasteiger partial charge in [-0.3, -0.25) is 4.84 Å². The fraction of sp³-hybridized carbons (Fsp3) is 0.200. The van der Waals surface area contributed by atoms with E-state index in [0.717, 1.165) is 11.8 Å². The number of hydrogen-bond acceptors (Lipinski definition) is 5. The molecule has 0 spiro atoms. The number of hydroxylamine groups is 1. The number of halogens is 4. The summed E-state index contributed by atoms with van der Waals surface area (Å²) < 4.78 is 53.9. The van der Waals surface area contributed by atoms with Crippen molar-refractivity contribution >= 4 is 17.5 Å². The lowest BCUT2D eigenvalue weighted by Gasteiger charge is -2.26. The van der Waals surface area contributed by atoms with Crippen LogP contribution in [0.3, 0.4) is 0 Å². The highest BCUT2D eigenvalue weighted by Crippen LogP contribution is 2.41. The molecule has 1 N–H and O–H groups in total. The molecule has 2 aromatic carbocycles. The Bertz CT molecular complexity index is 980. The van der Waals surface area contributed by atoms with Crippen LogP contribution in [-0.4, -0.2) is 16.6 Å². The zero-order valence-corrected chi connectivity index (χ0v) is 15.0. The number of hydrogen-bond donors (Lipinski definition) is 1. The molecule has 1 aliphatic rings. The Morgan fingerprint density at radius 3 is 2.45 bits per heavy atom. The zero-order valence-electron chi connectivity index (χ0n) is 15.0. The Labute approximate surface area is 163 Å². The molecule has 5 nitrogen and oxygen atoms in total. The number of alkyl halides is 3. The maximum Gasteiger partial charge on any atom is 0.421 e. The number of rotatable bonds is 4. The summed E-state index contributed by atoms with van der Waals surface area (Å²) in [6, 6.07) is 14.0. The van der Waals surface area contributed by atoms with Gasteiger partial charge in [0.25, 0.3) is 0 Å². The topological polar surface area (TPSA) is 50.3 Å². The lowest BCUT2D eigenvalue weighted by atomic mass is 10.0. The van der Waals surface area contributed by atoms with Crippen molar-refractivity contribution < 1.29 is 22.4 Å². The molecule has 150 valence electrons. The lowest BCUT2D eigenvalue weighted by Crippen LogP contribution is -2.26. The van der Waals surface area contributed by atoms with Crippen LogP contribution in [-0.2, 0) is 11.0 Å². The van der Waals surface area contributed by atoms with E-state index in [-0.39, 0.29) is 18.4 Å². The van der Waals surface area contributed by atoms with Gasteiger partial charge in [-0.2, -0.15) is 18.2 Å². The van der Waals surface area contributed by atoms with E-state index in [1.807, 2.05) is 30.3 Å². The van der Waals surface area contributed by atoms with Crippen LogP contribution < -0.4 is 10.4 Å². The van der Waals surface area contributed by atoms with Crippen LogP contribution in [0.1, 0.15) is 23.6 Å². The highest BCUT2D eigenvalue weighted by molar-refractivity contribution is 5.57. The van der Waals surface area contributed by atoms with Gasteiger partial charge < -0.3 is 5.32 Å². The van der Waals surface area contributed by atoms with Crippen molar-refractivity contribution in [1.82, 2.24) is 9.97 Å². The molecule has 1 atom stereocenters. The number of aromatic nitrogens is 2. The molecule has 0 saturated carbocycles.